The molecule has 0 aromatic heterocycles. The van der Waals surface area contributed by atoms with Gasteiger partial charge in [-0.15, -0.1) is 0 Å². The predicted molar refractivity (Wildman–Crippen MR) is 56.3 cm³/mol. The van der Waals surface area contributed by atoms with Crippen molar-refractivity contribution >= 4 is 7.52 Å². The molecule has 1 atom stereocenters. The van der Waals surface area contributed by atoms with Crippen LogP contribution in [-0.2, 0) is 15.3 Å². The van der Waals surface area contributed by atoms with Crippen LogP contribution in [0.25, 0.3) is 0 Å². The van der Waals surface area contributed by atoms with E-state index in [1.54, 1.807) is 0 Å². The fourth-order valence-corrected chi connectivity index (χ4v) is 3.41. The second-order valence-corrected chi connectivity index (χ2v) is 5.65. The Bertz CT molecular complexity index is 329. The lowest BCUT2D eigenvalue weighted by molar-refractivity contribution is 0.277. The van der Waals surface area contributed by atoms with E-state index in [0.717, 1.165) is 18.5 Å². The van der Waals surface area contributed by atoms with Crippen molar-refractivity contribution in [3.05, 3.63) is 35.9 Å². The van der Waals surface area contributed by atoms with Crippen molar-refractivity contribution in [3.63, 3.8) is 0 Å². The topological polar surface area (TPSA) is 38.3 Å². The average Bonchev–Trinajstić information content (AvgIpc) is 2.19. The SMILES string of the molecule is O=P1(Cc2ccccc2)NCCCO1. The van der Waals surface area contributed by atoms with E-state index in [0.29, 0.717) is 12.8 Å². The van der Waals surface area contributed by atoms with Gasteiger partial charge in [-0.1, -0.05) is 30.3 Å². The van der Waals surface area contributed by atoms with Gasteiger partial charge in [0.25, 0.3) is 7.52 Å². The smallest absolute Gasteiger partial charge is 0.274 e. The molecule has 1 N–H and O–H groups in total. The molecule has 1 heterocycles. The first-order chi connectivity index (χ1) is 6.79. The molecule has 0 saturated carbocycles. The van der Waals surface area contributed by atoms with Gasteiger partial charge in [0.15, 0.2) is 0 Å². The summed E-state index contributed by atoms with van der Waals surface area (Å²) in [6.07, 6.45) is 1.44. The molecule has 4 heteroatoms. The number of rotatable bonds is 2. The van der Waals surface area contributed by atoms with Gasteiger partial charge in [-0.3, -0.25) is 4.57 Å². The van der Waals surface area contributed by atoms with E-state index in [4.69, 9.17) is 4.52 Å². The largest absolute Gasteiger partial charge is 0.317 e. The Morgan fingerprint density at radius 3 is 2.79 bits per heavy atom. The highest BCUT2D eigenvalue weighted by molar-refractivity contribution is 7.56. The Labute approximate surface area is 84.0 Å². The third kappa shape index (κ3) is 2.44. The van der Waals surface area contributed by atoms with E-state index in [9.17, 15) is 4.57 Å². The minimum atomic E-state index is -2.59. The quantitative estimate of drug-likeness (QED) is 0.763. The normalized spacial score (nSPS) is 27.4. The lowest BCUT2D eigenvalue weighted by atomic mass is 10.2. The van der Waals surface area contributed by atoms with Crippen LogP contribution in [0.3, 0.4) is 0 Å². The summed E-state index contributed by atoms with van der Waals surface area (Å²) in [6, 6.07) is 9.80. The second-order valence-electron chi connectivity index (χ2n) is 3.41. The molecule has 0 bridgehead atoms. The summed E-state index contributed by atoms with van der Waals surface area (Å²) in [5, 5.41) is 2.98. The van der Waals surface area contributed by atoms with Gasteiger partial charge in [-0.05, 0) is 12.0 Å². The van der Waals surface area contributed by atoms with Crippen molar-refractivity contribution in [2.75, 3.05) is 13.2 Å². The summed E-state index contributed by atoms with van der Waals surface area (Å²) in [6.45, 7) is 1.40. The van der Waals surface area contributed by atoms with Crippen molar-refractivity contribution in [1.29, 1.82) is 0 Å². The van der Waals surface area contributed by atoms with Gasteiger partial charge in [0, 0.05) is 6.54 Å². The standard InChI is InChI=1S/C10H14NO2P/c12-14(11-7-4-8-13-14)9-10-5-2-1-3-6-10/h1-3,5-6H,4,7-9H2,(H,11,12). The summed E-state index contributed by atoms with van der Waals surface area (Å²) in [5.41, 5.74) is 1.06. The van der Waals surface area contributed by atoms with E-state index in [2.05, 4.69) is 5.09 Å². The van der Waals surface area contributed by atoms with E-state index in [-0.39, 0.29) is 0 Å². The van der Waals surface area contributed by atoms with Crippen LogP contribution in [-0.4, -0.2) is 13.2 Å². The van der Waals surface area contributed by atoms with Crippen LogP contribution in [0, 0.1) is 0 Å². The second kappa shape index (κ2) is 4.26. The molecule has 14 heavy (non-hydrogen) atoms. The Morgan fingerprint density at radius 1 is 1.36 bits per heavy atom. The Hall–Kier alpha value is -0.630. The van der Waals surface area contributed by atoms with E-state index >= 15 is 0 Å². The summed E-state index contributed by atoms with van der Waals surface area (Å²) in [4.78, 5) is 0. The van der Waals surface area contributed by atoms with Crippen LogP contribution in [0.2, 0.25) is 0 Å². The van der Waals surface area contributed by atoms with Crippen molar-refractivity contribution in [1.82, 2.24) is 5.09 Å². The van der Waals surface area contributed by atoms with Gasteiger partial charge in [-0.2, -0.15) is 0 Å². The predicted octanol–water partition coefficient (Wildman–Crippen LogP) is 2.39. The molecule has 1 unspecified atom stereocenters. The zero-order valence-electron chi connectivity index (χ0n) is 7.98. The van der Waals surface area contributed by atoms with Gasteiger partial charge in [0.2, 0.25) is 0 Å². The summed E-state index contributed by atoms with van der Waals surface area (Å²) < 4.78 is 17.4. The Kier molecular flexibility index (Phi) is 3.02. The fourth-order valence-electron chi connectivity index (χ4n) is 1.50. The van der Waals surface area contributed by atoms with Crippen molar-refractivity contribution < 1.29 is 9.09 Å². The highest BCUT2D eigenvalue weighted by Gasteiger charge is 2.25. The minimum Gasteiger partial charge on any atom is -0.317 e. The van der Waals surface area contributed by atoms with Gasteiger partial charge >= 0.3 is 0 Å². The van der Waals surface area contributed by atoms with Crippen LogP contribution >= 0.6 is 7.52 Å². The van der Waals surface area contributed by atoms with Crippen molar-refractivity contribution in [2.45, 2.75) is 12.6 Å². The number of nitrogens with one attached hydrogen (secondary N) is 1. The maximum absolute atomic E-state index is 12.1. The number of benzene rings is 1. The van der Waals surface area contributed by atoms with Crippen LogP contribution in [0.1, 0.15) is 12.0 Å². The Balaban J connectivity index is 2.06. The van der Waals surface area contributed by atoms with Gasteiger partial charge < -0.3 is 4.52 Å². The maximum atomic E-state index is 12.1. The Morgan fingerprint density at radius 2 is 2.14 bits per heavy atom. The molecule has 1 aromatic carbocycles. The van der Waals surface area contributed by atoms with Crippen LogP contribution in [0.4, 0.5) is 0 Å². The molecule has 1 saturated heterocycles. The van der Waals surface area contributed by atoms with E-state index in [1.807, 2.05) is 30.3 Å². The van der Waals surface area contributed by atoms with Crippen LogP contribution in [0.5, 0.6) is 0 Å². The first kappa shape index (κ1) is 9.91. The molecule has 0 amide bonds. The van der Waals surface area contributed by atoms with Gasteiger partial charge in [0.05, 0.1) is 12.8 Å². The summed E-state index contributed by atoms with van der Waals surface area (Å²) in [7, 11) is -2.59. The first-order valence-electron chi connectivity index (χ1n) is 4.81. The highest BCUT2D eigenvalue weighted by atomic mass is 31.2. The molecule has 76 valence electrons. The fraction of sp³-hybridized carbons (Fsp3) is 0.400. The van der Waals surface area contributed by atoms with E-state index < -0.39 is 7.52 Å². The lowest BCUT2D eigenvalue weighted by Gasteiger charge is -2.24. The molecule has 1 fully saturated rings. The zero-order chi connectivity index (χ0) is 9.86. The summed E-state index contributed by atoms with van der Waals surface area (Å²) in [5.74, 6) is 0. The minimum absolute atomic E-state index is 0.494. The summed E-state index contributed by atoms with van der Waals surface area (Å²) >= 11 is 0. The maximum Gasteiger partial charge on any atom is 0.274 e. The number of hydrogen-bond donors (Lipinski definition) is 1. The molecule has 0 aliphatic carbocycles. The molecule has 0 radical (unpaired) electrons. The molecule has 2 rings (SSSR count). The average molecular weight is 211 g/mol. The van der Waals surface area contributed by atoms with E-state index in [1.165, 1.54) is 0 Å². The van der Waals surface area contributed by atoms with Crippen molar-refractivity contribution in [2.24, 2.45) is 0 Å². The van der Waals surface area contributed by atoms with Crippen LogP contribution < -0.4 is 5.09 Å². The zero-order valence-corrected chi connectivity index (χ0v) is 8.87. The van der Waals surface area contributed by atoms with Gasteiger partial charge in [-0.25, -0.2) is 5.09 Å². The molecule has 1 aromatic rings. The molecule has 3 nitrogen and oxygen atoms in total. The van der Waals surface area contributed by atoms with Gasteiger partial charge in [0.1, 0.15) is 0 Å². The monoisotopic (exact) mass is 211 g/mol. The third-order valence-corrected chi connectivity index (χ3v) is 4.29. The molecule has 0 spiro atoms. The van der Waals surface area contributed by atoms with Crippen LogP contribution in [0.15, 0.2) is 30.3 Å². The molecule has 1 aliphatic heterocycles. The third-order valence-electron chi connectivity index (χ3n) is 2.21. The molecular weight excluding hydrogens is 197 g/mol. The molecule has 1 aliphatic rings. The first-order valence-corrected chi connectivity index (χ1v) is 6.62. The van der Waals surface area contributed by atoms with Crippen molar-refractivity contribution in [3.8, 4) is 0 Å². The molecular formula is C10H14NO2P. The number of hydrogen-bond acceptors (Lipinski definition) is 2. The lowest BCUT2D eigenvalue weighted by Crippen LogP contribution is -2.22. The highest BCUT2D eigenvalue weighted by Crippen LogP contribution is 2.47.